The van der Waals surface area contributed by atoms with Crippen molar-refractivity contribution in [2.24, 2.45) is 0 Å². The molecule has 0 aliphatic carbocycles. The molecule has 1 N–H and O–H groups in total. The third-order valence-corrected chi connectivity index (χ3v) is 3.48. The number of morpholine rings is 1. The maximum atomic E-state index is 11.1. The molecule has 5 nitrogen and oxygen atoms in total. The van der Waals surface area contributed by atoms with Gasteiger partial charge in [0.1, 0.15) is 0 Å². The Morgan fingerprint density at radius 1 is 1.45 bits per heavy atom. The molecule has 1 aliphatic heterocycles. The summed E-state index contributed by atoms with van der Waals surface area (Å²) in [5.41, 5.74) is 1.78. The summed E-state index contributed by atoms with van der Waals surface area (Å²) in [6, 6.07) is 7.89. The summed E-state index contributed by atoms with van der Waals surface area (Å²) < 4.78 is 13.2. The maximum absolute atomic E-state index is 11.1. The molecule has 1 aromatic heterocycles. The highest BCUT2D eigenvalue weighted by atomic mass is 16.7. The van der Waals surface area contributed by atoms with E-state index < -0.39 is 0 Å². The summed E-state index contributed by atoms with van der Waals surface area (Å²) in [6.45, 7) is 3.56. The van der Waals surface area contributed by atoms with Gasteiger partial charge in [0.05, 0.1) is 13.2 Å². The van der Waals surface area contributed by atoms with Gasteiger partial charge in [0.2, 0.25) is 0 Å². The molecule has 1 atom stereocenters. The Kier molecular flexibility index (Phi) is 4.11. The van der Waals surface area contributed by atoms with Crippen molar-refractivity contribution in [2.45, 2.75) is 12.8 Å². The zero-order valence-electron chi connectivity index (χ0n) is 11.2. The number of hydrogen-bond donors (Lipinski definition) is 1. The second-order valence-corrected chi connectivity index (χ2v) is 4.79. The fourth-order valence-corrected chi connectivity index (χ4v) is 2.49. The van der Waals surface area contributed by atoms with Crippen LogP contribution in [0.4, 0.5) is 0 Å². The van der Waals surface area contributed by atoms with Crippen LogP contribution in [0.3, 0.4) is 0 Å². The fourth-order valence-electron chi connectivity index (χ4n) is 2.49. The van der Waals surface area contributed by atoms with Crippen molar-refractivity contribution in [3.05, 3.63) is 36.0 Å². The van der Waals surface area contributed by atoms with E-state index in [1.165, 1.54) is 0 Å². The van der Waals surface area contributed by atoms with Crippen molar-refractivity contribution in [3.8, 4) is 0 Å². The molecule has 1 unspecified atom stereocenters. The van der Waals surface area contributed by atoms with Crippen molar-refractivity contribution < 1.29 is 14.3 Å². The van der Waals surface area contributed by atoms with E-state index in [4.69, 9.17) is 9.47 Å². The molecule has 1 aromatic carbocycles. The number of aldehydes is 1. The molecule has 5 heteroatoms. The van der Waals surface area contributed by atoms with Gasteiger partial charge < -0.3 is 19.4 Å². The average molecular weight is 274 g/mol. The zero-order chi connectivity index (χ0) is 13.8. The van der Waals surface area contributed by atoms with Crippen molar-refractivity contribution >= 4 is 17.2 Å². The number of rotatable bonds is 5. The highest BCUT2D eigenvalue weighted by molar-refractivity contribution is 5.97. The Bertz CT molecular complexity index is 588. The molecule has 20 heavy (non-hydrogen) atoms. The minimum Gasteiger partial charge on any atom is -0.350 e. The van der Waals surface area contributed by atoms with E-state index in [0.29, 0.717) is 19.8 Å². The Balaban J connectivity index is 1.66. The summed E-state index contributed by atoms with van der Waals surface area (Å²) in [5, 5.41) is 4.21. The van der Waals surface area contributed by atoms with Gasteiger partial charge in [0, 0.05) is 42.3 Å². The molecular formula is C15H18N2O3. The van der Waals surface area contributed by atoms with E-state index in [9.17, 15) is 4.79 Å². The second-order valence-electron chi connectivity index (χ2n) is 4.79. The van der Waals surface area contributed by atoms with E-state index in [-0.39, 0.29) is 6.29 Å². The lowest BCUT2D eigenvalue weighted by Gasteiger charge is -2.23. The van der Waals surface area contributed by atoms with E-state index >= 15 is 0 Å². The monoisotopic (exact) mass is 274 g/mol. The molecule has 2 aromatic rings. The van der Waals surface area contributed by atoms with Gasteiger partial charge in [0.15, 0.2) is 12.6 Å². The molecular weight excluding hydrogens is 256 g/mol. The summed E-state index contributed by atoms with van der Waals surface area (Å²) in [4.78, 5) is 11.1. The fraction of sp³-hybridized carbons (Fsp3) is 0.400. The van der Waals surface area contributed by atoms with Gasteiger partial charge in [-0.15, -0.1) is 0 Å². The van der Waals surface area contributed by atoms with Gasteiger partial charge in [-0.3, -0.25) is 4.79 Å². The Morgan fingerprint density at radius 2 is 2.35 bits per heavy atom. The SMILES string of the molecule is O=Cc1cn(CCOC2CNCCO2)c2ccccc12. The highest BCUT2D eigenvalue weighted by Crippen LogP contribution is 2.19. The molecule has 0 amide bonds. The Hall–Kier alpha value is -1.69. The number of carbonyl (C=O) groups is 1. The maximum Gasteiger partial charge on any atom is 0.170 e. The molecule has 2 heterocycles. The number of para-hydroxylation sites is 1. The lowest BCUT2D eigenvalue weighted by molar-refractivity contribution is -0.154. The first-order chi connectivity index (χ1) is 9.88. The van der Waals surface area contributed by atoms with E-state index in [1.54, 1.807) is 0 Å². The summed E-state index contributed by atoms with van der Waals surface area (Å²) >= 11 is 0. The minimum atomic E-state index is -0.170. The van der Waals surface area contributed by atoms with Crippen LogP contribution in [0.15, 0.2) is 30.5 Å². The van der Waals surface area contributed by atoms with Gasteiger partial charge in [0.25, 0.3) is 0 Å². The smallest absolute Gasteiger partial charge is 0.170 e. The summed E-state index contributed by atoms with van der Waals surface area (Å²) in [6.07, 6.45) is 2.60. The van der Waals surface area contributed by atoms with Crippen molar-refractivity contribution in [1.29, 1.82) is 0 Å². The largest absolute Gasteiger partial charge is 0.350 e. The van der Waals surface area contributed by atoms with Crippen LogP contribution in [0.25, 0.3) is 10.9 Å². The average Bonchev–Trinajstić information content (AvgIpc) is 2.87. The first-order valence-corrected chi connectivity index (χ1v) is 6.85. The molecule has 0 saturated carbocycles. The minimum absolute atomic E-state index is 0.170. The molecule has 0 bridgehead atoms. The van der Waals surface area contributed by atoms with E-state index in [0.717, 1.165) is 35.8 Å². The quantitative estimate of drug-likeness (QED) is 0.838. The van der Waals surface area contributed by atoms with Crippen molar-refractivity contribution in [2.75, 3.05) is 26.3 Å². The molecule has 1 aliphatic rings. The van der Waals surface area contributed by atoms with Crippen molar-refractivity contribution in [3.63, 3.8) is 0 Å². The van der Waals surface area contributed by atoms with Crippen LogP contribution in [0.1, 0.15) is 10.4 Å². The summed E-state index contributed by atoms with van der Waals surface area (Å²) in [5.74, 6) is 0. The number of nitrogens with one attached hydrogen (secondary N) is 1. The molecule has 1 fully saturated rings. The number of ether oxygens (including phenoxy) is 2. The van der Waals surface area contributed by atoms with Crippen LogP contribution in [0.5, 0.6) is 0 Å². The predicted molar refractivity (Wildman–Crippen MR) is 75.9 cm³/mol. The van der Waals surface area contributed by atoms with Crippen LogP contribution in [0, 0.1) is 0 Å². The highest BCUT2D eigenvalue weighted by Gasteiger charge is 2.13. The molecule has 106 valence electrons. The van der Waals surface area contributed by atoms with Gasteiger partial charge in [-0.25, -0.2) is 0 Å². The number of aromatic nitrogens is 1. The lowest BCUT2D eigenvalue weighted by Crippen LogP contribution is -2.40. The number of hydrogen-bond acceptors (Lipinski definition) is 4. The molecule has 0 spiro atoms. The lowest BCUT2D eigenvalue weighted by atomic mass is 10.2. The van der Waals surface area contributed by atoms with Gasteiger partial charge >= 0.3 is 0 Å². The first kappa shape index (κ1) is 13.3. The van der Waals surface area contributed by atoms with Crippen LogP contribution < -0.4 is 5.32 Å². The topological polar surface area (TPSA) is 52.5 Å². The van der Waals surface area contributed by atoms with Crippen LogP contribution in [0.2, 0.25) is 0 Å². The third-order valence-electron chi connectivity index (χ3n) is 3.48. The van der Waals surface area contributed by atoms with Crippen LogP contribution >= 0.6 is 0 Å². The first-order valence-electron chi connectivity index (χ1n) is 6.85. The number of fused-ring (bicyclic) bond motifs is 1. The summed E-state index contributed by atoms with van der Waals surface area (Å²) in [7, 11) is 0. The predicted octanol–water partition coefficient (Wildman–Crippen LogP) is 1.42. The third kappa shape index (κ3) is 2.75. The second kappa shape index (κ2) is 6.17. The normalized spacial score (nSPS) is 19.3. The number of nitrogens with zero attached hydrogens (tertiary/aromatic N) is 1. The van der Waals surface area contributed by atoms with Gasteiger partial charge in [-0.1, -0.05) is 18.2 Å². The number of carbonyl (C=O) groups excluding carboxylic acids is 1. The van der Waals surface area contributed by atoms with Crippen molar-refractivity contribution in [1.82, 2.24) is 9.88 Å². The molecule has 3 rings (SSSR count). The van der Waals surface area contributed by atoms with Gasteiger partial charge in [-0.05, 0) is 6.07 Å². The van der Waals surface area contributed by atoms with Gasteiger partial charge in [-0.2, -0.15) is 0 Å². The van der Waals surface area contributed by atoms with Crippen LogP contribution in [-0.2, 0) is 16.0 Å². The molecule has 1 saturated heterocycles. The zero-order valence-corrected chi connectivity index (χ0v) is 11.2. The Morgan fingerprint density at radius 3 is 3.15 bits per heavy atom. The van der Waals surface area contributed by atoms with E-state index in [1.807, 2.05) is 30.5 Å². The van der Waals surface area contributed by atoms with Crippen LogP contribution in [-0.4, -0.2) is 43.4 Å². The standard InChI is InChI=1S/C15H18N2O3/c18-11-12-10-17(14-4-2-1-3-13(12)14)6-8-20-15-9-16-5-7-19-15/h1-4,10-11,15-16H,5-9H2. The Labute approximate surface area is 117 Å². The molecule has 0 radical (unpaired) electrons. The number of benzene rings is 1. The van der Waals surface area contributed by atoms with E-state index in [2.05, 4.69) is 9.88 Å².